The number of halogens is 3. The summed E-state index contributed by atoms with van der Waals surface area (Å²) in [5.74, 6) is -1.91. The minimum atomic E-state index is -4.64. The maximum atomic E-state index is 12.4. The Morgan fingerprint density at radius 1 is 1.28 bits per heavy atom. The van der Waals surface area contributed by atoms with Gasteiger partial charge in [-0.2, -0.15) is 28.1 Å². The van der Waals surface area contributed by atoms with Crippen molar-refractivity contribution in [3.63, 3.8) is 0 Å². The van der Waals surface area contributed by atoms with Crippen LogP contribution in [0.25, 0.3) is 0 Å². The van der Waals surface area contributed by atoms with E-state index < -0.39 is 17.9 Å². The third kappa shape index (κ3) is 2.78. The van der Waals surface area contributed by atoms with E-state index in [-0.39, 0.29) is 18.1 Å². The van der Waals surface area contributed by atoms with Gasteiger partial charge >= 0.3 is 6.18 Å². The van der Waals surface area contributed by atoms with Crippen LogP contribution in [0.4, 0.5) is 25.1 Å². The molecule has 0 aliphatic heterocycles. The van der Waals surface area contributed by atoms with E-state index in [2.05, 4.69) is 20.3 Å². The fraction of sp³-hybridized carbons (Fsp3) is 0.667. The summed E-state index contributed by atoms with van der Waals surface area (Å²) < 4.78 is 42.4. The summed E-state index contributed by atoms with van der Waals surface area (Å²) in [6, 6.07) is -0.00201. The van der Waals surface area contributed by atoms with Crippen molar-refractivity contribution < 1.29 is 17.9 Å². The van der Waals surface area contributed by atoms with Gasteiger partial charge in [-0.05, 0) is 12.8 Å². The molecule has 0 saturated heterocycles. The van der Waals surface area contributed by atoms with E-state index in [1.807, 2.05) is 0 Å². The van der Waals surface area contributed by atoms with Crippen LogP contribution < -0.4 is 11.1 Å². The number of aromatic nitrogens is 3. The van der Waals surface area contributed by atoms with Crippen molar-refractivity contribution in [2.75, 3.05) is 18.2 Å². The third-order valence-corrected chi connectivity index (χ3v) is 2.67. The zero-order valence-corrected chi connectivity index (χ0v) is 9.53. The fourth-order valence-corrected chi connectivity index (χ4v) is 1.64. The first-order valence-electron chi connectivity index (χ1n) is 5.26. The molecule has 100 valence electrons. The quantitative estimate of drug-likeness (QED) is 0.848. The Morgan fingerprint density at radius 3 is 2.50 bits per heavy atom. The number of nitrogens with one attached hydrogen (secondary N) is 1. The Hall–Kier alpha value is -1.64. The highest BCUT2D eigenvalue weighted by Crippen LogP contribution is 2.28. The number of ether oxygens (including phenoxy) is 1. The van der Waals surface area contributed by atoms with Crippen molar-refractivity contribution in [2.45, 2.75) is 31.2 Å². The average molecular weight is 263 g/mol. The first-order chi connectivity index (χ1) is 8.38. The summed E-state index contributed by atoms with van der Waals surface area (Å²) in [6.45, 7) is 0. The number of nitrogens with zero attached hydrogens (tertiary/aromatic N) is 3. The molecule has 2 rings (SSSR count). The zero-order chi connectivity index (χ0) is 13.3. The Bertz CT molecular complexity index is 433. The molecule has 1 heterocycles. The van der Waals surface area contributed by atoms with Crippen molar-refractivity contribution in [2.24, 2.45) is 0 Å². The minimum Gasteiger partial charge on any atom is -0.381 e. The summed E-state index contributed by atoms with van der Waals surface area (Å²) in [6.07, 6.45) is -3.11. The second kappa shape index (κ2) is 4.56. The first kappa shape index (κ1) is 12.8. The van der Waals surface area contributed by atoms with Gasteiger partial charge in [-0.3, -0.25) is 0 Å². The molecule has 1 saturated carbocycles. The number of hydrogen-bond donors (Lipinski definition) is 2. The van der Waals surface area contributed by atoms with Gasteiger partial charge in [-0.1, -0.05) is 0 Å². The Morgan fingerprint density at radius 2 is 1.94 bits per heavy atom. The molecule has 0 radical (unpaired) electrons. The molecule has 1 aliphatic carbocycles. The van der Waals surface area contributed by atoms with Crippen LogP contribution in [0, 0.1) is 0 Å². The molecule has 0 aromatic carbocycles. The fourth-order valence-electron chi connectivity index (χ4n) is 1.64. The summed E-state index contributed by atoms with van der Waals surface area (Å²) in [4.78, 5) is 9.98. The number of hydrogen-bond acceptors (Lipinski definition) is 6. The molecule has 0 spiro atoms. The molecule has 0 amide bonds. The second-order valence-electron chi connectivity index (χ2n) is 4.01. The molecular formula is C9H12F3N5O. The van der Waals surface area contributed by atoms with Crippen molar-refractivity contribution in [3.8, 4) is 0 Å². The lowest BCUT2D eigenvalue weighted by atomic mass is 9.89. The number of anilines is 2. The maximum absolute atomic E-state index is 12.4. The smallest absolute Gasteiger partial charge is 0.381 e. The highest BCUT2D eigenvalue weighted by atomic mass is 19.4. The predicted molar refractivity (Wildman–Crippen MR) is 56.7 cm³/mol. The maximum Gasteiger partial charge on any atom is 0.451 e. The number of alkyl halides is 3. The zero-order valence-electron chi connectivity index (χ0n) is 9.53. The van der Waals surface area contributed by atoms with Gasteiger partial charge in [-0.15, -0.1) is 0 Å². The van der Waals surface area contributed by atoms with Crippen LogP contribution in [0.5, 0.6) is 0 Å². The number of nitrogens with two attached hydrogens (primary N) is 1. The van der Waals surface area contributed by atoms with E-state index in [1.54, 1.807) is 7.11 Å². The van der Waals surface area contributed by atoms with Gasteiger partial charge in [0.1, 0.15) is 0 Å². The Kier molecular flexibility index (Phi) is 3.24. The lowest BCUT2D eigenvalue weighted by Gasteiger charge is -2.34. The molecule has 6 nitrogen and oxygen atoms in total. The van der Waals surface area contributed by atoms with Crippen LogP contribution in [0.15, 0.2) is 0 Å². The number of rotatable bonds is 3. The van der Waals surface area contributed by atoms with Gasteiger partial charge in [0.2, 0.25) is 17.7 Å². The van der Waals surface area contributed by atoms with Gasteiger partial charge in [-0.25, -0.2) is 0 Å². The van der Waals surface area contributed by atoms with Crippen LogP contribution in [-0.4, -0.2) is 34.2 Å². The molecular weight excluding hydrogens is 251 g/mol. The van der Waals surface area contributed by atoms with E-state index in [9.17, 15) is 13.2 Å². The molecule has 1 aromatic rings. The van der Waals surface area contributed by atoms with E-state index in [0.717, 1.165) is 0 Å². The van der Waals surface area contributed by atoms with E-state index >= 15 is 0 Å². The van der Waals surface area contributed by atoms with Crippen molar-refractivity contribution >= 4 is 11.9 Å². The van der Waals surface area contributed by atoms with E-state index in [1.165, 1.54) is 0 Å². The summed E-state index contributed by atoms with van der Waals surface area (Å²) in [7, 11) is 1.59. The van der Waals surface area contributed by atoms with Gasteiger partial charge < -0.3 is 15.8 Å². The lowest BCUT2D eigenvalue weighted by Crippen LogP contribution is -2.40. The van der Waals surface area contributed by atoms with Crippen LogP contribution in [0.3, 0.4) is 0 Å². The molecule has 0 unspecified atom stereocenters. The molecule has 1 aliphatic rings. The molecule has 0 atom stereocenters. The molecule has 0 bridgehead atoms. The molecule has 9 heteroatoms. The third-order valence-electron chi connectivity index (χ3n) is 2.67. The SMILES string of the molecule is COC1CC(Nc2nc(N)nc(C(F)(F)F)n2)C1. The number of methoxy groups -OCH3 is 1. The Balaban J connectivity index is 2.07. The monoisotopic (exact) mass is 263 g/mol. The second-order valence-corrected chi connectivity index (χ2v) is 4.01. The van der Waals surface area contributed by atoms with Crippen LogP contribution in [-0.2, 0) is 10.9 Å². The lowest BCUT2D eigenvalue weighted by molar-refractivity contribution is -0.144. The van der Waals surface area contributed by atoms with Crippen molar-refractivity contribution in [1.82, 2.24) is 15.0 Å². The summed E-state index contributed by atoms with van der Waals surface area (Å²) in [5, 5.41) is 2.77. The van der Waals surface area contributed by atoms with Gasteiger partial charge in [0.25, 0.3) is 0 Å². The molecule has 1 fully saturated rings. The first-order valence-corrected chi connectivity index (χ1v) is 5.26. The van der Waals surface area contributed by atoms with Gasteiger partial charge in [0.05, 0.1) is 6.10 Å². The van der Waals surface area contributed by atoms with Crippen molar-refractivity contribution in [1.29, 1.82) is 0 Å². The van der Waals surface area contributed by atoms with Crippen molar-refractivity contribution in [3.05, 3.63) is 5.82 Å². The normalized spacial score (nSPS) is 23.6. The number of nitrogen functional groups attached to an aromatic ring is 1. The standard InChI is InChI=1S/C9H12F3N5O/c1-18-5-2-4(3-5)14-8-16-6(9(10,11)12)15-7(13)17-8/h4-5H,2-3H2,1H3,(H3,13,14,15,16,17). The van der Waals surface area contributed by atoms with Crippen LogP contribution in [0.1, 0.15) is 18.7 Å². The largest absolute Gasteiger partial charge is 0.451 e. The average Bonchev–Trinajstić information content (AvgIpc) is 2.20. The van der Waals surface area contributed by atoms with E-state index in [4.69, 9.17) is 10.5 Å². The minimum absolute atomic E-state index is 0.00201. The molecule has 3 N–H and O–H groups in total. The van der Waals surface area contributed by atoms with Gasteiger partial charge in [0.15, 0.2) is 0 Å². The molecule has 1 aromatic heterocycles. The predicted octanol–water partition coefficient (Wildman–Crippen LogP) is 1.06. The van der Waals surface area contributed by atoms with Crippen LogP contribution >= 0.6 is 0 Å². The summed E-state index contributed by atoms with van der Waals surface area (Å²) >= 11 is 0. The van der Waals surface area contributed by atoms with Crippen LogP contribution in [0.2, 0.25) is 0 Å². The highest BCUT2D eigenvalue weighted by molar-refractivity contribution is 5.33. The van der Waals surface area contributed by atoms with Gasteiger partial charge in [0, 0.05) is 13.2 Å². The molecule has 18 heavy (non-hydrogen) atoms. The topological polar surface area (TPSA) is 86.0 Å². The van der Waals surface area contributed by atoms with E-state index in [0.29, 0.717) is 12.8 Å². The highest BCUT2D eigenvalue weighted by Gasteiger charge is 2.36. The Labute approximate surface area is 101 Å². The summed E-state index contributed by atoms with van der Waals surface area (Å²) in [5.41, 5.74) is 5.22.